The number of hydrogen-bond donors (Lipinski definition) is 1. The first-order valence-electron chi connectivity index (χ1n) is 11.2. The third kappa shape index (κ3) is 5.12. The summed E-state index contributed by atoms with van der Waals surface area (Å²) in [4.78, 5) is 12.4. The summed E-state index contributed by atoms with van der Waals surface area (Å²) in [6.45, 7) is 10.5. The molecule has 6 nitrogen and oxygen atoms in total. The number of carbonyl (C=O) groups is 1. The maximum Gasteiger partial charge on any atom is 0.307 e. The highest BCUT2D eigenvalue weighted by Crippen LogP contribution is 2.21. The number of furan rings is 1. The Bertz CT molecular complexity index is 1300. The number of hydrazone groups is 1. The highest BCUT2D eigenvalue weighted by molar-refractivity contribution is 5.92. The van der Waals surface area contributed by atoms with Crippen molar-refractivity contribution in [2.75, 3.05) is 0 Å². The molecule has 0 atom stereocenters. The fraction of sp³-hybridized carbons (Fsp3) is 0.214. The summed E-state index contributed by atoms with van der Waals surface area (Å²) in [6, 6.07) is 19.6. The second-order valence-electron chi connectivity index (χ2n) is 8.51. The topological polar surface area (TPSA) is 68.8 Å². The van der Waals surface area contributed by atoms with E-state index in [2.05, 4.69) is 60.1 Å². The Kier molecular flexibility index (Phi) is 6.68. The molecule has 0 saturated heterocycles. The number of carbonyl (C=O) groups excluding carboxylic acids is 1. The Morgan fingerprint density at radius 2 is 1.59 bits per heavy atom. The van der Waals surface area contributed by atoms with Gasteiger partial charge >= 0.3 is 5.91 Å². The molecule has 2 heterocycles. The zero-order chi connectivity index (χ0) is 24.2. The highest BCUT2D eigenvalue weighted by Gasteiger charge is 2.11. The van der Waals surface area contributed by atoms with E-state index < -0.39 is 5.91 Å². The lowest BCUT2D eigenvalue weighted by molar-refractivity contribution is 0.0923. The summed E-state index contributed by atoms with van der Waals surface area (Å²) in [6.07, 6.45) is 1.66. The van der Waals surface area contributed by atoms with Crippen molar-refractivity contribution in [1.29, 1.82) is 0 Å². The summed E-state index contributed by atoms with van der Waals surface area (Å²) >= 11 is 0. The van der Waals surface area contributed by atoms with Gasteiger partial charge in [-0.05, 0) is 94.3 Å². The first-order chi connectivity index (χ1) is 16.3. The molecule has 0 bridgehead atoms. The van der Waals surface area contributed by atoms with Crippen molar-refractivity contribution in [3.05, 3.63) is 106 Å². The molecule has 34 heavy (non-hydrogen) atoms. The zero-order valence-electron chi connectivity index (χ0n) is 20.2. The molecule has 4 aromatic rings. The predicted molar refractivity (Wildman–Crippen MR) is 134 cm³/mol. The molecule has 1 amide bonds. The largest absolute Gasteiger partial charge is 0.486 e. The fourth-order valence-corrected chi connectivity index (χ4v) is 4.10. The number of amides is 1. The minimum Gasteiger partial charge on any atom is -0.486 e. The van der Waals surface area contributed by atoms with Crippen molar-refractivity contribution in [2.24, 2.45) is 5.10 Å². The summed E-state index contributed by atoms with van der Waals surface area (Å²) in [7, 11) is 0. The first kappa shape index (κ1) is 23.1. The van der Waals surface area contributed by atoms with E-state index in [9.17, 15) is 4.79 Å². The summed E-state index contributed by atoms with van der Waals surface area (Å²) in [5.74, 6) is 1.05. The van der Waals surface area contributed by atoms with Gasteiger partial charge in [-0.2, -0.15) is 5.10 Å². The van der Waals surface area contributed by atoms with Crippen LogP contribution in [0.2, 0.25) is 0 Å². The van der Waals surface area contributed by atoms with Gasteiger partial charge in [-0.15, -0.1) is 0 Å². The van der Waals surface area contributed by atoms with E-state index in [0.29, 0.717) is 5.76 Å². The molecule has 174 valence electrons. The lowest BCUT2D eigenvalue weighted by Gasteiger charge is -2.10. The van der Waals surface area contributed by atoms with E-state index in [1.807, 2.05) is 38.1 Å². The highest BCUT2D eigenvalue weighted by atomic mass is 16.5. The molecule has 0 unspecified atom stereocenters. The third-order valence-electron chi connectivity index (χ3n) is 5.73. The molecule has 1 N–H and O–H groups in total. The number of aryl methyl sites for hydroxylation is 5. The number of ether oxygens (including phenoxy) is 1. The van der Waals surface area contributed by atoms with E-state index in [-0.39, 0.29) is 12.4 Å². The Morgan fingerprint density at radius 3 is 2.24 bits per heavy atom. The van der Waals surface area contributed by atoms with Gasteiger partial charge in [-0.1, -0.05) is 17.7 Å². The van der Waals surface area contributed by atoms with Crippen LogP contribution >= 0.6 is 0 Å². The van der Waals surface area contributed by atoms with Gasteiger partial charge in [0.25, 0.3) is 0 Å². The molecule has 0 saturated carbocycles. The second kappa shape index (κ2) is 9.83. The van der Waals surface area contributed by atoms with Crippen molar-refractivity contribution in [3.8, 4) is 11.4 Å². The molecule has 2 aromatic carbocycles. The molecule has 6 heteroatoms. The third-order valence-corrected chi connectivity index (χ3v) is 5.73. The summed E-state index contributed by atoms with van der Waals surface area (Å²) in [5.41, 5.74) is 10.4. The van der Waals surface area contributed by atoms with Crippen LogP contribution in [0.25, 0.3) is 5.69 Å². The van der Waals surface area contributed by atoms with E-state index in [1.165, 1.54) is 17.0 Å². The molecular formula is C28H29N3O3. The van der Waals surface area contributed by atoms with Gasteiger partial charge in [0.1, 0.15) is 18.1 Å². The van der Waals surface area contributed by atoms with E-state index in [4.69, 9.17) is 9.15 Å². The van der Waals surface area contributed by atoms with Gasteiger partial charge in [0.15, 0.2) is 5.76 Å². The van der Waals surface area contributed by atoms with Crippen LogP contribution in [-0.4, -0.2) is 16.7 Å². The minimum absolute atomic E-state index is 0.182. The summed E-state index contributed by atoms with van der Waals surface area (Å²) < 4.78 is 13.6. The SMILES string of the molecule is Cc1cc(C)c(C=NNC(=O)c2ccc(COc3ccc(-n4c(C)ccc4C)cc3)o2)c(C)c1. The van der Waals surface area contributed by atoms with Gasteiger partial charge < -0.3 is 13.7 Å². The van der Waals surface area contributed by atoms with Crippen LogP contribution in [-0.2, 0) is 6.61 Å². The normalized spacial score (nSPS) is 11.2. The van der Waals surface area contributed by atoms with Crippen molar-refractivity contribution in [3.63, 3.8) is 0 Å². The Balaban J connectivity index is 1.33. The lowest BCUT2D eigenvalue weighted by atomic mass is 10.0. The molecule has 0 radical (unpaired) electrons. The Hall–Kier alpha value is -4.06. The minimum atomic E-state index is -0.410. The number of nitrogens with zero attached hydrogens (tertiary/aromatic N) is 2. The number of benzene rings is 2. The van der Waals surface area contributed by atoms with E-state index in [0.717, 1.165) is 28.1 Å². The van der Waals surface area contributed by atoms with Gasteiger partial charge in [-0.25, -0.2) is 5.43 Å². The van der Waals surface area contributed by atoms with Crippen molar-refractivity contribution in [1.82, 2.24) is 9.99 Å². The average Bonchev–Trinajstić information content (AvgIpc) is 3.41. The van der Waals surface area contributed by atoms with Crippen LogP contribution < -0.4 is 10.2 Å². The van der Waals surface area contributed by atoms with Crippen LogP contribution in [0.3, 0.4) is 0 Å². The molecular weight excluding hydrogens is 426 g/mol. The smallest absolute Gasteiger partial charge is 0.307 e. The second-order valence-corrected chi connectivity index (χ2v) is 8.51. The van der Waals surface area contributed by atoms with E-state index >= 15 is 0 Å². The maximum atomic E-state index is 12.4. The van der Waals surface area contributed by atoms with Crippen molar-refractivity contribution < 1.29 is 13.9 Å². The monoisotopic (exact) mass is 455 g/mol. The number of rotatable bonds is 7. The molecule has 2 aromatic heterocycles. The van der Waals surface area contributed by atoms with Crippen LogP contribution in [0.1, 0.15) is 50.0 Å². The number of hydrogen-bond acceptors (Lipinski definition) is 4. The Morgan fingerprint density at radius 1 is 0.941 bits per heavy atom. The van der Waals surface area contributed by atoms with Gasteiger partial charge in [0.2, 0.25) is 0 Å². The zero-order valence-corrected chi connectivity index (χ0v) is 20.2. The number of aromatic nitrogens is 1. The molecule has 0 spiro atoms. The van der Waals surface area contributed by atoms with E-state index in [1.54, 1.807) is 18.3 Å². The fourth-order valence-electron chi connectivity index (χ4n) is 4.10. The van der Waals surface area contributed by atoms with Crippen LogP contribution in [0, 0.1) is 34.6 Å². The average molecular weight is 456 g/mol. The van der Waals surface area contributed by atoms with Gasteiger partial charge in [-0.3, -0.25) is 4.79 Å². The molecule has 0 aliphatic heterocycles. The molecule has 4 rings (SSSR count). The van der Waals surface area contributed by atoms with Gasteiger partial charge in [0.05, 0.1) is 6.21 Å². The van der Waals surface area contributed by atoms with Gasteiger partial charge in [0, 0.05) is 22.6 Å². The predicted octanol–water partition coefficient (Wildman–Crippen LogP) is 5.96. The summed E-state index contributed by atoms with van der Waals surface area (Å²) in [5, 5.41) is 4.10. The van der Waals surface area contributed by atoms with Crippen molar-refractivity contribution >= 4 is 12.1 Å². The molecule has 0 aliphatic carbocycles. The number of nitrogens with one attached hydrogen (secondary N) is 1. The first-order valence-corrected chi connectivity index (χ1v) is 11.2. The molecule has 0 fully saturated rings. The standard InChI is InChI=1S/C28H29N3O3/c1-18-14-19(2)26(20(3)15-18)16-29-30-28(32)27-13-12-25(34-27)17-33-24-10-8-23(9-11-24)31-21(4)6-7-22(31)5/h6-16H,17H2,1-5H3,(H,30,32). The van der Waals surface area contributed by atoms with Crippen LogP contribution in [0.4, 0.5) is 0 Å². The lowest BCUT2D eigenvalue weighted by Crippen LogP contribution is -2.17. The van der Waals surface area contributed by atoms with Crippen LogP contribution in [0.15, 0.2) is 70.2 Å². The maximum absolute atomic E-state index is 12.4. The Labute approximate surface area is 199 Å². The van der Waals surface area contributed by atoms with Crippen LogP contribution in [0.5, 0.6) is 5.75 Å². The quantitative estimate of drug-likeness (QED) is 0.276. The van der Waals surface area contributed by atoms with Crippen molar-refractivity contribution in [2.45, 2.75) is 41.2 Å². The molecule has 0 aliphatic rings.